The summed E-state index contributed by atoms with van der Waals surface area (Å²) in [6, 6.07) is 3.13. The van der Waals surface area contributed by atoms with Crippen molar-refractivity contribution < 1.29 is 4.79 Å². The zero-order valence-corrected chi connectivity index (χ0v) is 13.4. The van der Waals surface area contributed by atoms with Gasteiger partial charge in [-0.05, 0) is 56.4 Å². The maximum Gasteiger partial charge on any atom is 0.271 e. The zero-order valence-electron chi connectivity index (χ0n) is 13.4. The number of carbonyl (C=O) groups excluding carboxylic acids is 1. The lowest BCUT2D eigenvalue weighted by Gasteiger charge is -2.28. The Morgan fingerprint density at radius 2 is 2.23 bits per heavy atom. The van der Waals surface area contributed by atoms with E-state index in [4.69, 9.17) is 0 Å². The van der Waals surface area contributed by atoms with Crippen molar-refractivity contribution in [3.8, 4) is 0 Å². The molecule has 2 fully saturated rings. The van der Waals surface area contributed by atoms with Crippen molar-refractivity contribution in [1.29, 1.82) is 0 Å². The Bertz CT molecular complexity index is 610. The van der Waals surface area contributed by atoms with E-state index in [0.717, 1.165) is 18.3 Å². The molecule has 1 aromatic heterocycles. The van der Waals surface area contributed by atoms with Gasteiger partial charge in [-0.1, -0.05) is 13.3 Å². The fourth-order valence-electron chi connectivity index (χ4n) is 4.24. The van der Waals surface area contributed by atoms with E-state index >= 15 is 0 Å². The molecule has 4 unspecified atom stereocenters. The third kappa shape index (κ3) is 2.94. The topological polar surface area (TPSA) is 64.0 Å². The molecule has 0 radical (unpaired) electrons. The number of amides is 1. The molecule has 0 aromatic carbocycles. The van der Waals surface area contributed by atoms with E-state index in [1.165, 1.54) is 42.5 Å². The Hall–Kier alpha value is -1.65. The van der Waals surface area contributed by atoms with Crippen LogP contribution in [0.3, 0.4) is 0 Å². The zero-order chi connectivity index (χ0) is 15.7. The summed E-state index contributed by atoms with van der Waals surface area (Å²) in [7, 11) is 0. The van der Waals surface area contributed by atoms with Crippen LogP contribution >= 0.6 is 0 Å². The van der Waals surface area contributed by atoms with Gasteiger partial charge in [0, 0.05) is 18.7 Å². The highest BCUT2D eigenvalue weighted by atomic mass is 16.2. The number of fused-ring (bicyclic) bond motifs is 2. The van der Waals surface area contributed by atoms with E-state index in [0.29, 0.717) is 18.2 Å². The lowest BCUT2D eigenvalue weighted by molar-refractivity contribution is 0.0907. The van der Waals surface area contributed by atoms with Crippen LogP contribution < -0.4 is 10.9 Å². The van der Waals surface area contributed by atoms with Crippen molar-refractivity contribution in [2.45, 2.75) is 58.5 Å². The van der Waals surface area contributed by atoms with Gasteiger partial charge in [0.25, 0.3) is 11.5 Å². The molecule has 120 valence electrons. The highest BCUT2D eigenvalue weighted by Crippen LogP contribution is 2.49. The number of hydrogen-bond donors (Lipinski definition) is 1. The molecule has 0 aliphatic heterocycles. The number of hydrogen-bond acceptors (Lipinski definition) is 3. The third-order valence-electron chi connectivity index (χ3n) is 5.33. The van der Waals surface area contributed by atoms with E-state index in [9.17, 15) is 9.59 Å². The molecule has 0 saturated heterocycles. The van der Waals surface area contributed by atoms with Gasteiger partial charge in [0.15, 0.2) is 0 Å². The summed E-state index contributed by atoms with van der Waals surface area (Å²) in [5, 5.41) is 7.28. The molecule has 5 nitrogen and oxygen atoms in total. The van der Waals surface area contributed by atoms with E-state index in [2.05, 4.69) is 17.3 Å². The predicted octanol–water partition coefficient (Wildman–Crippen LogP) is 2.21. The van der Waals surface area contributed by atoms with Gasteiger partial charge in [-0.3, -0.25) is 9.59 Å². The second kappa shape index (κ2) is 6.23. The molecular formula is C17H25N3O2. The SMILES string of the molecule is CCCn1nc(C(=O)NC(C)C2CC3CCC2C3)ccc1=O. The van der Waals surface area contributed by atoms with Crippen molar-refractivity contribution in [3.63, 3.8) is 0 Å². The van der Waals surface area contributed by atoms with E-state index in [1.807, 2.05) is 6.92 Å². The van der Waals surface area contributed by atoms with Gasteiger partial charge in [-0.15, -0.1) is 0 Å². The van der Waals surface area contributed by atoms with Crippen LogP contribution in [0.2, 0.25) is 0 Å². The largest absolute Gasteiger partial charge is 0.348 e. The number of nitrogens with one attached hydrogen (secondary N) is 1. The van der Waals surface area contributed by atoms with Crippen molar-refractivity contribution in [2.75, 3.05) is 0 Å². The highest BCUT2D eigenvalue weighted by molar-refractivity contribution is 5.92. The summed E-state index contributed by atoms with van der Waals surface area (Å²) in [5.74, 6) is 2.09. The van der Waals surface area contributed by atoms with E-state index in [1.54, 1.807) is 0 Å². The maximum absolute atomic E-state index is 12.4. The molecule has 2 aliphatic carbocycles. The summed E-state index contributed by atoms with van der Waals surface area (Å²) in [4.78, 5) is 24.1. The summed E-state index contributed by atoms with van der Waals surface area (Å²) < 4.78 is 1.37. The van der Waals surface area contributed by atoms with Gasteiger partial charge in [0.1, 0.15) is 5.69 Å². The van der Waals surface area contributed by atoms with E-state index < -0.39 is 0 Å². The Morgan fingerprint density at radius 3 is 2.86 bits per heavy atom. The van der Waals surface area contributed by atoms with Gasteiger partial charge < -0.3 is 5.32 Å². The molecule has 4 atom stereocenters. The average molecular weight is 303 g/mol. The lowest BCUT2D eigenvalue weighted by Crippen LogP contribution is -2.41. The molecule has 0 spiro atoms. The molecular weight excluding hydrogens is 278 g/mol. The fraction of sp³-hybridized carbons (Fsp3) is 0.706. The number of nitrogens with zero attached hydrogens (tertiary/aromatic N) is 2. The molecule has 3 rings (SSSR count). The van der Waals surface area contributed by atoms with Crippen LogP contribution in [-0.2, 0) is 6.54 Å². The Balaban J connectivity index is 1.66. The fourth-order valence-corrected chi connectivity index (χ4v) is 4.24. The number of aryl methyl sites for hydroxylation is 1. The molecule has 1 amide bonds. The smallest absolute Gasteiger partial charge is 0.271 e. The van der Waals surface area contributed by atoms with Crippen molar-refractivity contribution in [1.82, 2.24) is 15.1 Å². The molecule has 2 saturated carbocycles. The minimum Gasteiger partial charge on any atom is -0.348 e. The first-order chi connectivity index (χ1) is 10.6. The standard InChI is InChI=1S/C17H25N3O2/c1-3-8-20-16(21)7-6-15(19-20)17(22)18-11(2)14-10-12-4-5-13(14)9-12/h6-7,11-14H,3-5,8-10H2,1-2H3,(H,18,22). The molecule has 22 heavy (non-hydrogen) atoms. The molecule has 2 aliphatic rings. The maximum atomic E-state index is 12.4. The number of rotatable bonds is 5. The second-order valence-electron chi connectivity index (χ2n) is 6.88. The van der Waals surface area contributed by atoms with Crippen LogP contribution in [0.5, 0.6) is 0 Å². The van der Waals surface area contributed by atoms with Crippen molar-refractivity contribution >= 4 is 5.91 Å². The summed E-state index contributed by atoms with van der Waals surface area (Å²) >= 11 is 0. The summed E-state index contributed by atoms with van der Waals surface area (Å²) in [5.41, 5.74) is 0.183. The summed E-state index contributed by atoms with van der Waals surface area (Å²) in [6.07, 6.45) is 6.08. The van der Waals surface area contributed by atoms with Crippen LogP contribution in [0.25, 0.3) is 0 Å². The minimum absolute atomic E-state index is 0.153. The average Bonchev–Trinajstić information content (AvgIpc) is 3.12. The monoisotopic (exact) mass is 303 g/mol. The van der Waals surface area contributed by atoms with Crippen LogP contribution in [-0.4, -0.2) is 21.7 Å². The third-order valence-corrected chi connectivity index (χ3v) is 5.33. The van der Waals surface area contributed by atoms with Crippen LogP contribution in [0, 0.1) is 17.8 Å². The van der Waals surface area contributed by atoms with Gasteiger partial charge in [-0.25, -0.2) is 4.68 Å². The van der Waals surface area contributed by atoms with Crippen molar-refractivity contribution in [2.24, 2.45) is 17.8 Å². The van der Waals surface area contributed by atoms with Gasteiger partial charge in [0.05, 0.1) is 0 Å². The number of carbonyl (C=O) groups is 1. The first-order valence-corrected chi connectivity index (χ1v) is 8.47. The number of aromatic nitrogens is 2. The first kappa shape index (κ1) is 15.3. The Morgan fingerprint density at radius 1 is 1.41 bits per heavy atom. The van der Waals surface area contributed by atoms with Gasteiger partial charge >= 0.3 is 0 Å². The Kier molecular flexibility index (Phi) is 4.32. The van der Waals surface area contributed by atoms with E-state index in [-0.39, 0.29) is 17.5 Å². The van der Waals surface area contributed by atoms with Gasteiger partial charge in [-0.2, -0.15) is 5.10 Å². The van der Waals surface area contributed by atoms with Crippen LogP contribution in [0.4, 0.5) is 0 Å². The Labute approximate surface area is 131 Å². The predicted molar refractivity (Wildman–Crippen MR) is 84.7 cm³/mol. The summed E-state index contributed by atoms with van der Waals surface area (Å²) in [6.45, 7) is 4.63. The minimum atomic E-state index is -0.167. The lowest BCUT2D eigenvalue weighted by atomic mass is 9.84. The van der Waals surface area contributed by atoms with Crippen LogP contribution in [0.1, 0.15) is 56.4 Å². The first-order valence-electron chi connectivity index (χ1n) is 8.47. The van der Waals surface area contributed by atoms with Crippen LogP contribution in [0.15, 0.2) is 16.9 Å². The molecule has 1 N–H and O–H groups in total. The van der Waals surface area contributed by atoms with Gasteiger partial charge in [0.2, 0.25) is 0 Å². The molecule has 1 heterocycles. The second-order valence-corrected chi connectivity index (χ2v) is 6.88. The molecule has 1 aromatic rings. The highest BCUT2D eigenvalue weighted by Gasteiger charge is 2.42. The quantitative estimate of drug-likeness (QED) is 0.907. The molecule has 5 heteroatoms. The molecule has 2 bridgehead atoms. The normalized spacial score (nSPS) is 27.8. The van der Waals surface area contributed by atoms with Crippen molar-refractivity contribution in [3.05, 3.63) is 28.2 Å².